The van der Waals surface area contributed by atoms with Gasteiger partial charge in [-0.3, -0.25) is 0 Å². The van der Waals surface area contributed by atoms with Crippen molar-refractivity contribution in [3.05, 3.63) is 29.8 Å². The van der Waals surface area contributed by atoms with E-state index in [9.17, 15) is 0 Å². The van der Waals surface area contributed by atoms with E-state index in [4.69, 9.17) is 0 Å². The van der Waals surface area contributed by atoms with Crippen molar-refractivity contribution < 1.29 is 0 Å². The third kappa shape index (κ3) is 3.24. The number of rotatable bonds is 2. The molecular formula is C16H25N. The lowest BCUT2D eigenvalue weighted by Gasteiger charge is -2.23. The molecule has 1 nitrogen and oxygen atoms in total. The molecule has 1 heteroatoms. The molecule has 1 fully saturated rings. The second kappa shape index (κ2) is 5.57. The molecule has 0 N–H and O–H groups in total. The zero-order chi connectivity index (χ0) is 12.3. The van der Waals surface area contributed by atoms with Crippen molar-refractivity contribution in [2.45, 2.75) is 46.0 Å². The van der Waals surface area contributed by atoms with Gasteiger partial charge < -0.3 is 4.90 Å². The van der Waals surface area contributed by atoms with E-state index in [0.29, 0.717) is 5.92 Å². The van der Waals surface area contributed by atoms with Crippen molar-refractivity contribution in [2.24, 2.45) is 5.92 Å². The molecule has 0 aromatic heterocycles. The van der Waals surface area contributed by atoms with Crippen LogP contribution in [0.2, 0.25) is 0 Å². The van der Waals surface area contributed by atoms with Gasteiger partial charge in [0.1, 0.15) is 0 Å². The number of anilines is 1. The van der Waals surface area contributed by atoms with Gasteiger partial charge in [-0.05, 0) is 48.8 Å². The fourth-order valence-corrected chi connectivity index (χ4v) is 2.59. The Kier molecular flexibility index (Phi) is 4.09. The molecule has 0 amide bonds. The van der Waals surface area contributed by atoms with Crippen LogP contribution in [0.1, 0.15) is 51.5 Å². The van der Waals surface area contributed by atoms with Crippen LogP contribution >= 0.6 is 0 Å². The lowest BCUT2D eigenvalue weighted by atomic mass is 10.0. The molecular weight excluding hydrogens is 206 g/mol. The van der Waals surface area contributed by atoms with Gasteiger partial charge in [0.05, 0.1) is 0 Å². The third-order valence-electron chi connectivity index (χ3n) is 3.94. The SMILES string of the molecule is CC1CCCN(c2ccc(C(C)C)cc2)CC1. The predicted octanol–water partition coefficient (Wildman–Crippen LogP) is 4.44. The van der Waals surface area contributed by atoms with E-state index in [2.05, 4.69) is 49.9 Å². The van der Waals surface area contributed by atoms with Crippen LogP contribution in [0.15, 0.2) is 24.3 Å². The summed E-state index contributed by atoms with van der Waals surface area (Å²) < 4.78 is 0. The van der Waals surface area contributed by atoms with Gasteiger partial charge in [-0.1, -0.05) is 32.9 Å². The molecule has 2 rings (SSSR count). The Morgan fingerprint density at radius 2 is 1.76 bits per heavy atom. The molecule has 94 valence electrons. The van der Waals surface area contributed by atoms with E-state index < -0.39 is 0 Å². The van der Waals surface area contributed by atoms with Crippen molar-refractivity contribution >= 4 is 5.69 Å². The van der Waals surface area contributed by atoms with Crippen molar-refractivity contribution in [3.63, 3.8) is 0 Å². The van der Waals surface area contributed by atoms with Crippen LogP contribution in [0.3, 0.4) is 0 Å². The van der Waals surface area contributed by atoms with E-state index in [1.165, 1.54) is 43.6 Å². The first kappa shape index (κ1) is 12.5. The number of benzene rings is 1. The van der Waals surface area contributed by atoms with Gasteiger partial charge in [0.25, 0.3) is 0 Å². The molecule has 1 aliphatic rings. The van der Waals surface area contributed by atoms with E-state index in [1.807, 2.05) is 0 Å². The van der Waals surface area contributed by atoms with Crippen LogP contribution in [-0.4, -0.2) is 13.1 Å². The predicted molar refractivity (Wildman–Crippen MR) is 75.8 cm³/mol. The van der Waals surface area contributed by atoms with Gasteiger partial charge in [-0.15, -0.1) is 0 Å². The topological polar surface area (TPSA) is 3.24 Å². The lowest BCUT2D eigenvalue weighted by Crippen LogP contribution is -2.23. The van der Waals surface area contributed by atoms with Gasteiger partial charge in [0.15, 0.2) is 0 Å². The maximum Gasteiger partial charge on any atom is 0.0366 e. The molecule has 17 heavy (non-hydrogen) atoms. The molecule has 1 unspecified atom stereocenters. The monoisotopic (exact) mass is 231 g/mol. The first-order valence-electron chi connectivity index (χ1n) is 7.01. The maximum absolute atomic E-state index is 2.55. The van der Waals surface area contributed by atoms with Gasteiger partial charge in [0.2, 0.25) is 0 Å². The zero-order valence-corrected chi connectivity index (χ0v) is 11.4. The van der Waals surface area contributed by atoms with Crippen LogP contribution in [0.4, 0.5) is 5.69 Å². The Labute approximate surface area is 106 Å². The second-order valence-corrected chi connectivity index (χ2v) is 5.77. The smallest absolute Gasteiger partial charge is 0.0366 e. The molecule has 1 heterocycles. The zero-order valence-electron chi connectivity index (χ0n) is 11.4. The molecule has 0 spiro atoms. The van der Waals surface area contributed by atoms with Crippen molar-refractivity contribution in [1.29, 1.82) is 0 Å². The van der Waals surface area contributed by atoms with Crippen LogP contribution in [0.5, 0.6) is 0 Å². The van der Waals surface area contributed by atoms with Crippen molar-refractivity contribution in [2.75, 3.05) is 18.0 Å². The Morgan fingerprint density at radius 3 is 2.41 bits per heavy atom. The molecule has 1 aromatic rings. The molecule has 1 saturated heterocycles. The molecule has 1 aromatic carbocycles. The summed E-state index contributed by atoms with van der Waals surface area (Å²) in [6.07, 6.45) is 4.07. The van der Waals surface area contributed by atoms with E-state index >= 15 is 0 Å². The number of hydrogen-bond donors (Lipinski definition) is 0. The fraction of sp³-hybridized carbons (Fsp3) is 0.625. The Morgan fingerprint density at radius 1 is 1.06 bits per heavy atom. The van der Waals surface area contributed by atoms with E-state index in [-0.39, 0.29) is 0 Å². The van der Waals surface area contributed by atoms with E-state index in [0.717, 1.165) is 5.92 Å². The quantitative estimate of drug-likeness (QED) is 0.727. The van der Waals surface area contributed by atoms with Gasteiger partial charge in [-0.25, -0.2) is 0 Å². The minimum Gasteiger partial charge on any atom is -0.372 e. The van der Waals surface area contributed by atoms with Crippen molar-refractivity contribution in [1.82, 2.24) is 0 Å². The van der Waals surface area contributed by atoms with Crippen LogP contribution in [0.25, 0.3) is 0 Å². The summed E-state index contributed by atoms with van der Waals surface area (Å²) >= 11 is 0. The highest BCUT2D eigenvalue weighted by Gasteiger charge is 2.14. The highest BCUT2D eigenvalue weighted by Crippen LogP contribution is 2.24. The second-order valence-electron chi connectivity index (χ2n) is 5.77. The summed E-state index contributed by atoms with van der Waals surface area (Å²) in [4.78, 5) is 2.55. The van der Waals surface area contributed by atoms with Gasteiger partial charge in [-0.2, -0.15) is 0 Å². The molecule has 1 aliphatic heterocycles. The average molecular weight is 231 g/mol. The Bertz CT molecular complexity index is 339. The molecule has 1 atom stereocenters. The molecule has 0 saturated carbocycles. The van der Waals surface area contributed by atoms with E-state index in [1.54, 1.807) is 0 Å². The van der Waals surface area contributed by atoms with Crippen molar-refractivity contribution in [3.8, 4) is 0 Å². The molecule has 0 aliphatic carbocycles. The Balaban J connectivity index is 2.06. The number of nitrogens with zero attached hydrogens (tertiary/aromatic N) is 1. The molecule has 0 radical (unpaired) electrons. The number of hydrogen-bond acceptors (Lipinski definition) is 1. The first-order chi connectivity index (χ1) is 8.16. The van der Waals surface area contributed by atoms with Gasteiger partial charge in [0, 0.05) is 18.8 Å². The highest BCUT2D eigenvalue weighted by atomic mass is 15.1. The summed E-state index contributed by atoms with van der Waals surface area (Å²) in [5.41, 5.74) is 2.85. The molecule has 0 bridgehead atoms. The lowest BCUT2D eigenvalue weighted by molar-refractivity contribution is 0.521. The summed E-state index contributed by atoms with van der Waals surface area (Å²) in [6, 6.07) is 9.17. The van der Waals surface area contributed by atoms with Crippen LogP contribution in [0, 0.1) is 5.92 Å². The minimum atomic E-state index is 0.633. The normalized spacial score (nSPS) is 21.6. The Hall–Kier alpha value is -0.980. The maximum atomic E-state index is 2.55. The van der Waals surface area contributed by atoms with Gasteiger partial charge >= 0.3 is 0 Å². The van der Waals surface area contributed by atoms with Crippen LogP contribution in [-0.2, 0) is 0 Å². The largest absolute Gasteiger partial charge is 0.372 e. The minimum absolute atomic E-state index is 0.633. The summed E-state index contributed by atoms with van der Waals surface area (Å²) in [5, 5.41) is 0. The first-order valence-corrected chi connectivity index (χ1v) is 7.01. The average Bonchev–Trinajstić information content (AvgIpc) is 2.54. The third-order valence-corrected chi connectivity index (χ3v) is 3.94. The standard InChI is InChI=1S/C16H25N/c1-13(2)15-6-8-16(9-7-15)17-11-4-5-14(3)10-12-17/h6-9,13-14H,4-5,10-12H2,1-3H3. The summed E-state index contributed by atoms with van der Waals surface area (Å²) in [5.74, 6) is 1.53. The summed E-state index contributed by atoms with van der Waals surface area (Å²) in [6.45, 7) is 9.34. The van der Waals surface area contributed by atoms with Crippen LogP contribution < -0.4 is 4.90 Å². The summed E-state index contributed by atoms with van der Waals surface area (Å²) in [7, 11) is 0. The fourth-order valence-electron chi connectivity index (χ4n) is 2.59. The highest BCUT2D eigenvalue weighted by molar-refractivity contribution is 5.48.